The molecule has 0 spiro atoms. The molecule has 0 aliphatic carbocycles. The lowest BCUT2D eigenvalue weighted by molar-refractivity contribution is -0.119. The van der Waals surface area contributed by atoms with Gasteiger partial charge in [0.2, 0.25) is 0 Å². The van der Waals surface area contributed by atoms with Crippen molar-refractivity contribution < 1.29 is 17.9 Å². The second kappa shape index (κ2) is 9.87. The maximum atomic E-state index is 13.6. The van der Waals surface area contributed by atoms with Crippen LogP contribution in [-0.4, -0.2) is 20.9 Å². The van der Waals surface area contributed by atoms with Crippen molar-refractivity contribution in [1.29, 1.82) is 0 Å². The van der Waals surface area contributed by atoms with Gasteiger partial charge in [0.1, 0.15) is 5.75 Å². The van der Waals surface area contributed by atoms with Gasteiger partial charge >= 0.3 is 0 Å². The van der Waals surface area contributed by atoms with Gasteiger partial charge in [-0.2, -0.15) is 4.31 Å². The molecule has 0 fully saturated rings. The van der Waals surface area contributed by atoms with Gasteiger partial charge in [0.25, 0.3) is 15.9 Å². The minimum Gasteiger partial charge on any atom is -0.483 e. The fourth-order valence-electron chi connectivity index (χ4n) is 3.37. The fourth-order valence-corrected chi connectivity index (χ4v) is 5.53. The number of amides is 1. The second-order valence-electron chi connectivity index (χ2n) is 7.93. The molecule has 3 rings (SSSR count). The number of benzene rings is 3. The molecule has 0 saturated carbocycles. The van der Waals surface area contributed by atoms with E-state index < -0.39 is 22.5 Å². The summed E-state index contributed by atoms with van der Waals surface area (Å²) < 4.78 is 34.4. The molecule has 8 heteroatoms. The van der Waals surface area contributed by atoms with Crippen molar-refractivity contribution in [3.8, 4) is 5.75 Å². The molecule has 3 aromatic carbocycles. The lowest BCUT2D eigenvalue weighted by Gasteiger charge is -2.25. The van der Waals surface area contributed by atoms with E-state index in [2.05, 4.69) is 15.9 Å². The quantitative estimate of drug-likeness (QED) is 0.354. The molecule has 0 radical (unpaired) electrons. The summed E-state index contributed by atoms with van der Waals surface area (Å²) in [7, 11) is -4.18. The summed E-state index contributed by atoms with van der Waals surface area (Å²) in [6, 6.07) is 13.3. The Bertz CT molecular complexity index is 1320. The molecule has 0 aliphatic rings. The predicted molar refractivity (Wildman–Crippen MR) is 136 cm³/mol. The Morgan fingerprint density at radius 1 is 0.970 bits per heavy atom. The molecule has 174 valence electrons. The number of halogens is 2. The predicted octanol–water partition coefficient (Wildman–Crippen LogP) is 6.45. The Hall–Kier alpha value is -2.35. The van der Waals surface area contributed by atoms with Crippen LogP contribution in [0.25, 0.3) is 0 Å². The van der Waals surface area contributed by atoms with E-state index in [-0.39, 0.29) is 4.90 Å². The van der Waals surface area contributed by atoms with E-state index in [0.717, 1.165) is 26.6 Å². The average molecular weight is 551 g/mol. The van der Waals surface area contributed by atoms with Crippen LogP contribution in [0.1, 0.15) is 27.8 Å². The van der Waals surface area contributed by atoms with Crippen molar-refractivity contribution >= 4 is 49.1 Å². The largest absolute Gasteiger partial charge is 0.483 e. The Labute approximate surface area is 208 Å². The first kappa shape index (κ1) is 25.3. The van der Waals surface area contributed by atoms with Crippen molar-refractivity contribution in [3.05, 3.63) is 85.8 Å². The van der Waals surface area contributed by atoms with Gasteiger partial charge in [0.05, 0.1) is 15.1 Å². The number of ether oxygens (including phenoxy) is 1. The van der Waals surface area contributed by atoms with Crippen molar-refractivity contribution in [2.24, 2.45) is 0 Å². The number of carbonyl (C=O) groups excluding carboxylic acids is 1. The topological polar surface area (TPSA) is 63.7 Å². The molecule has 0 bridgehead atoms. The monoisotopic (exact) mass is 549 g/mol. The Morgan fingerprint density at radius 3 is 2.24 bits per heavy atom. The number of nitrogens with zero attached hydrogens (tertiary/aromatic N) is 1. The molecule has 5 nitrogen and oxygen atoms in total. The molecule has 0 aliphatic heterocycles. The van der Waals surface area contributed by atoms with Crippen molar-refractivity contribution in [3.63, 3.8) is 0 Å². The van der Waals surface area contributed by atoms with Crippen LogP contribution in [0.4, 0.5) is 5.69 Å². The van der Waals surface area contributed by atoms with E-state index >= 15 is 0 Å². The first-order valence-corrected chi connectivity index (χ1v) is 12.8. The Balaban J connectivity index is 2.04. The number of hydrogen-bond donors (Lipinski definition) is 0. The van der Waals surface area contributed by atoms with Crippen LogP contribution in [-0.2, 0) is 14.8 Å². The van der Waals surface area contributed by atoms with Crippen LogP contribution in [0, 0.1) is 34.6 Å². The van der Waals surface area contributed by atoms with Crippen LogP contribution in [0.2, 0.25) is 5.02 Å². The third-order valence-electron chi connectivity index (χ3n) is 5.50. The lowest BCUT2D eigenvalue weighted by atomic mass is 10.1. The van der Waals surface area contributed by atoms with Crippen LogP contribution >= 0.6 is 27.5 Å². The van der Waals surface area contributed by atoms with E-state index in [0.29, 0.717) is 26.5 Å². The van der Waals surface area contributed by atoms with E-state index in [1.54, 1.807) is 37.3 Å². The van der Waals surface area contributed by atoms with Gasteiger partial charge in [-0.25, -0.2) is 8.42 Å². The standard InChI is InChI=1S/C25H25BrClNO4S/c1-15-9-11-20(12-10-15)33(30,31)28(21-8-6-7-16(2)18(21)4)23(29)14-32-22-13-17(3)25(27)19(5)24(22)26/h6-13H,14H2,1-5H3. The van der Waals surface area contributed by atoms with Crippen LogP contribution < -0.4 is 9.04 Å². The smallest absolute Gasteiger partial charge is 0.278 e. The normalized spacial score (nSPS) is 11.4. The number of anilines is 1. The van der Waals surface area contributed by atoms with E-state index in [1.165, 1.54) is 12.1 Å². The molecule has 0 N–H and O–H groups in total. The van der Waals surface area contributed by atoms with E-state index in [4.69, 9.17) is 16.3 Å². The van der Waals surface area contributed by atoms with Gasteiger partial charge in [-0.3, -0.25) is 4.79 Å². The molecule has 0 aromatic heterocycles. The number of hydrogen-bond acceptors (Lipinski definition) is 4. The maximum absolute atomic E-state index is 13.6. The number of sulfonamides is 1. The molecule has 33 heavy (non-hydrogen) atoms. The third kappa shape index (κ3) is 5.10. The Morgan fingerprint density at radius 2 is 1.61 bits per heavy atom. The minimum atomic E-state index is -4.18. The summed E-state index contributed by atoms with van der Waals surface area (Å²) in [6.45, 7) is 8.72. The summed E-state index contributed by atoms with van der Waals surface area (Å²) >= 11 is 9.73. The molecule has 0 unspecified atom stereocenters. The SMILES string of the molecule is Cc1ccc(S(=O)(=O)N(C(=O)COc2cc(C)c(Cl)c(C)c2Br)c2cccc(C)c2C)cc1. The van der Waals surface area contributed by atoms with Gasteiger partial charge in [-0.1, -0.05) is 41.4 Å². The summed E-state index contributed by atoms with van der Waals surface area (Å²) in [5.41, 5.74) is 4.35. The highest BCUT2D eigenvalue weighted by molar-refractivity contribution is 9.10. The summed E-state index contributed by atoms with van der Waals surface area (Å²) in [4.78, 5) is 13.4. The average Bonchev–Trinajstić information content (AvgIpc) is 2.77. The summed E-state index contributed by atoms with van der Waals surface area (Å²) in [6.07, 6.45) is 0. The molecule has 3 aromatic rings. The lowest BCUT2D eigenvalue weighted by Crippen LogP contribution is -2.40. The number of aryl methyl sites for hydroxylation is 3. The minimum absolute atomic E-state index is 0.0294. The molecule has 1 amide bonds. The summed E-state index contributed by atoms with van der Waals surface area (Å²) in [5, 5.41) is 0.597. The Kier molecular flexibility index (Phi) is 7.56. The zero-order valence-electron chi connectivity index (χ0n) is 19.1. The van der Waals surface area contributed by atoms with Crippen LogP contribution in [0.15, 0.2) is 57.9 Å². The third-order valence-corrected chi connectivity index (χ3v) is 8.82. The van der Waals surface area contributed by atoms with Gasteiger partial charge in [-0.05, 0) is 97.1 Å². The van der Waals surface area contributed by atoms with E-state index in [9.17, 15) is 13.2 Å². The molecular weight excluding hydrogens is 526 g/mol. The van der Waals surface area contributed by atoms with E-state index in [1.807, 2.05) is 33.8 Å². The van der Waals surface area contributed by atoms with Gasteiger partial charge in [0.15, 0.2) is 6.61 Å². The molecule has 0 saturated heterocycles. The second-order valence-corrected chi connectivity index (χ2v) is 10.9. The highest BCUT2D eigenvalue weighted by Gasteiger charge is 2.32. The molecule has 0 heterocycles. The zero-order valence-corrected chi connectivity index (χ0v) is 22.2. The first-order valence-electron chi connectivity index (χ1n) is 10.2. The first-order chi connectivity index (χ1) is 15.4. The van der Waals surface area contributed by atoms with Crippen LogP contribution in [0.5, 0.6) is 5.75 Å². The van der Waals surface area contributed by atoms with Crippen molar-refractivity contribution in [2.75, 3.05) is 10.9 Å². The number of rotatable bonds is 6. The molecular formula is C25H25BrClNO4S. The van der Waals surface area contributed by atoms with Gasteiger partial charge < -0.3 is 4.74 Å². The summed E-state index contributed by atoms with van der Waals surface area (Å²) in [5.74, 6) is -0.294. The fraction of sp³-hybridized carbons (Fsp3) is 0.240. The van der Waals surface area contributed by atoms with Crippen molar-refractivity contribution in [2.45, 2.75) is 39.5 Å². The maximum Gasteiger partial charge on any atom is 0.278 e. The molecule has 0 atom stereocenters. The zero-order chi connectivity index (χ0) is 24.5. The highest BCUT2D eigenvalue weighted by Crippen LogP contribution is 2.36. The number of carbonyl (C=O) groups is 1. The van der Waals surface area contributed by atoms with Gasteiger partial charge in [-0.15, -0.1) is 0 Å². The van der Waals surface area contributed by atoms with Crippen LogP contribution in [0.3, 0.4) is 0 Å². The van der Waals surface area contributed by atoms with Gasteiger partial charge in [0, 0.05) is 5.02 Å². The van der Waals surface area contributed by atoms with Crippen molar-refractivity contribution in [1.82, 2.24) is 0 Å². The highest BCUT2D eigenvalue weighted by atomic mass is 79.9.